The van der Waals surface area contributed by atoms with Gasteiger partial charge in [-0.1, -0.05) is 12.1 Å². The average Bonchev–Trinajstić information content (AvgIpc) is 3.42. The molecule has 0 aromatic heterocycles. The van der Waals surface area contributed by atoms with E-state index >= 15 is 0 Å². The fraction of sp³-hybridized carbons (Fsp3) is 0.379. The van der Waals surface area contributed by atoms with Gasteiger partial charge in [0, 0.05) is 25.6 Å². The Morgan fingerprint density at radius 3 is 2.61 bits per heavy atom. The number of halogens is 3. The third-order valence-corrected chi connectivity index (χ3v) is 9.53. The second kappa shape index (κ2) is 12.8. The molecule has 2 aromatic carbocycles. The lowest BCUT2D eigenvalue weighted by atomic mass is 9.86. The number of sulfonamides is 1. The highest BCUT2D eigenvalue weighted by Gasteiger charge is 2.41. The summed E-state index contributed by atoms with van der Waals surface area (Å²) in [5.41, 5.74) is 0.966. The lowest BCUT2D eigenvalue weighted by molar-refractivity contribution is -0.733. The van der Waals surface area contributed by atoms with Crippen molar-refractivity contribution in [1.29, 1.82) is 5.26 Å². The molecule has 3 heterocycles. The number of hydrogen-bond acceptors (Lipinski definition) is 8. The Labute approximate surface area is 252 Å². The fourth-order valence-electron chi connectivity index (χ4n) is 5.36. The van der Waals surface area contributed by atoms with Gasteiger partial charge >= 0.3 is 6.18 Å². The summed E-state index contributed by atoms with van der Waals surface area (Å²) >= 11 is 0. The number of rotatable bonds is 1. The first kappa shape index (κ1) is 32.6. The number of benzene rings is 2. The van der Waals surface area contributed by atoms with E-state index in [1.807, 2.05) is 14.0 Å². The Morgan fingerprint density at radius 1 is 1.25 bits per heavy atom. The van der Waals surface area contributed by atoms with E-state index in [2.05, 4.69) is 16.4 Å². The van der Waals surface area contributed by atoms with Gasteiger partial charge in [-0.2, -0.15) is 22.7 Å². The van der Waals surface area contributed by atoms with Crippen molar-refractivity contribution in [3.05, 3.63) is 65.5 Å². The van der Waals surface area contributed by atoms with Crippen LogP contribution in [0.3, 0.4) is 0 Å². The first-order chi connectivity index (χ1) is 20.6. The predicted molar refractivity (Wildman–Crippen MR) is 148 cm³/mol. The van der Waals surface area contributed by atoms with Gasteiger partial charge in [-0.15, -0.1) is 0 Å². The number of ether oxygens (including phenoxy) is 1. The summed E-state index contributed by atoms with van der Waals surface area (Å²) in [6.07, 6.45) is 0.804. The zero-order chi connectivity index (χ0) is 32.3. The van der Waals surface area contributed by atoms with Crippen LogP contribution in [0, 0.1) is 17.2 Å². The number of carbonyl (C=O) groups is 2. The van der Waals surface area contributed by atoms with Crippen LogP contribution in [0.5, 0.6) is 11.5 Å². The zero-order valence-electron chi connectivity index (χ0n) is 23.8. The molecule has 0 saturated carbocycles. The summed E-state index contributed by atoms with van der Waals surface area (Å²) < 4.78 is 66.1. The number of alkyl halides is 3. The Bertz CT molecular complexity index is 1650. The number of carboxylic acids is 1. The van der Waals surface area contributed by atoms with Gasteiger partial charge in [0.25, 0.3) is 0 Å². The number of fused-ring (bicyclic) bond motifs is 6. The van der Waals surface area contributed by atoms with Gasteiger partial charge in [0.2, 0.25) is 15.9 Å². The molecule has 0 aliphatic carbocycles. The van der Waals surface area contributed by atoms with Crippen LogP contribution in [-0.4, -0.2) is 57.3 Å². The molecule has 234 valence electrons. The number of amides is 1. The molecule has 1 amide bonds. The van der Waals surface area contributed by atoms with Crippen LogP contribution in [-0.2, 0) is 25.2 Å². The number of likely N-dealkylation sites (N-methyl/N-ethyl adjacent to an activating group) is 1. The van der Waals surface area contributed by atoms with Crippen molar-refractivity contribution in [2.75, 3.05) is 20.1 Å². The Morgan fingerprint density at radius 2 is 1.98 bits per heavy atom. The van der Waals surface area contributed by atoms with Crippen molar-refractivity contribution in [2.24, 2.45) is 10.9 Å². The number of piperidine rings is 1. The molecule has 3 aliphatic rings. The number of carbonyl (C=O) groups excluding carboxylic acids is 2. The highest BCUT2D eigenvalue weighted by molar-refractivity contribution is 7.89. The van der Waals surface area contributed by atoms with Gasteiger partial charge in [-0.3, -0.25) is 9.69 Å². The number of hydrogen-bond donors (Lipinski definition) is 2. The fourth-order valence-corrected chi connectivity index (χ4v) is 6.95. The van der Waals surface area contributed by atoms with Crippen LogP contribution in [0.1, 0.15) is 43.7 Å². The SMILES string of the molecule is C[NH+]1C=NC=C1C1(C)NC(=O)CC[C@H]2CCCN(C2)S(=O)(=O)c2cccc(c2)Oc2cc1ccc2C#N.O=C([O-])C(F)(F)F. The topological polar surface area (TPSA) is 156 Å². The van der Waals surface area contributed by atoms with Crippen LogP contribution >= 0.6 is 0 Å². The van der Waals surface area contributed by atoms with Gasteiger partial charge < -0.3 is 20.0 Å². The van der Waals surface area contributed by atoms with Crippen molar-refractivity contribution < 1.29 is 45.9 Å². The second-order valence-electron chi connectivity index (χ2n) is 10.8. The second-order valence-corrected chi connectivity index (χ2v) is 12.7. The van der Waals surface area contributed by atoms with Crippen LogP contribution in [0.2, 0.25) is 0 Å². The molecule has 2 N–H and O–H groups in total. The number of aliphatic imine (C=N–C) groups is 1. The zero-order valence-corrected chi connectivity index (χ0v) is 24.7. The molecule has 44 heavy (non-hydrogen) atoms. The first-order valence-electron chi connectivity index (χ1n) is 13.6. The van der Waals surface area contributed by atoms with Gasteiger partial charge in [-0.25, -0.2) is 13.4 Å². The Hall–Kier alpha value is -4.26. The molecular formula is C29H30F3N5O6S. The van der Waals surface area contributed by atoms with E-state index in [4.69, 9.17) is 14.6 Å². The van der Waals surface area contributed by atoms with Crippen LogP contribution in [0.15, 0.2) is 64.2 Å². The molecule has 0 radical (unpaired) electrons. The summed E-state index contributed by atoms with van der Waals surface area (Å²) in [5.74, 6) is -2.46. The molecule has 1 fully saturated rings. The van der Waals surface area contributed by atoms with Gasteiger partial charge in [0.1, 0.15) is 29.1 Å². The minimum absolute atomic E-state index is 0.0942. The van der Waals surface area contributed by atoms with Gasteiger partial charge in [0.05, 0.1) is 23.7 Å². The Balaban J connectivity index is 0.000000566. The minimum Gasteiger partial charge on any atom is -0.542 e. The average molecular weight is 634 g/mol. The molecule has 0 spiro atoms. The monoisotopic (exact) mass is 633 g/mol. The molecular weight excluding hydrogens is 603 g/mol. The van der Waals surface area contributed by atoms with E-state index in [9.17, 15) is 31.6 Å². The van der Waals surface area contributed by atoms with Crippen molar-refractivity contribution in [3.8, 4) is 17.6 Å². The summed E-state index contributed by atoms with van der Waals surface area (Å²) in [4.78, 5) is 27.5. The van der Waals surface area contributed by atoms with Crippen LogP contribution in [0.4, 0.5) is 13.2 Å². The number of nitriles is 1. The molecule has 2 aromatic rings. The van der Waals surface area contributed by atoms with Gasteiger partial charge in [-0.05, 0) is 61.9 Å². The molecule has 4 atom stereocenters. The Kier molecular flexibility index (Phi) is 9.47. The lowest BCUT2D eigenvalue weighted by Gasteiger charge is -2.34. The van der Waals surface area contributed by atoms with Crippen LogP contribution < -0.4 is 20.1 Å². The molecule has 15 heteroatoms. The molecule has 11 nitrogen and oxygen atoms in total. The number of aliphatic carboxylic acids is 1. The largest absolute Gasteiger partial charge is 0.542 e. The van der Waals surface area contributed by atoms with Gasteiger partial charge in [0.15, 0.2) is 12.0 Å². The molecule has 5 rings (SSSR count). The van der Waals surface area contributed by atoms with E-state index < -0.39 is 27.7 Å². The maximum atomic E-state index is 13.4. The highest BCUT2D eigenvalue weighted by Crippen LogP contribution is 2.35. The van der Waals surface area contributed by atoms with Crippen molar-refractivity contribution in [2.45, 2.75) is 49.2 Å². The number of quaternary nitrogens is 1. The van der Waals surface area contributed by atoms with Crippen LogP contribution in [0.25, 0.3) is 0 Å². The van der Waals surface area contributed by atoms with Crippen molar-refractivity contribution >= 4 is 28.2 Å². The summed E-state index contributed by atoms with van der Waals surface area (Å²) in [6, 6.07) is 13.7. The summed E-state index contributed by atoms with van der Waals surface area (Å²) in [6.45, 7) is 2.75. The smallest absolute Gasteiger partial charge is 0.430 e. The maximum Gasteiger partial charge on any atom is 0.430 e. The third-order valence-electron chi connectivity index (χ3n) is 7.67. The van der Waals surface area contributed by atoms with E-state index in [0.717, 1.165) is 29.0 Å². The molecule has 1 saturated heterocycles. The molecule has 3 aliphatic heterocycles. The predicted octanol–water partition coefficient (Wildman–Crippen LogP) is 1.57. The summed E-state index contributed by atoms with van der Waals surface area (Å²) in [5, 5.41) is 21.7. The third kappa shape index (κ3) is 7.09. The molecule has 3 unspecified atom stereocenters. The van der Waals surface area contributed by atoms with E-state index in [1.54, 1.807) is 48.9 Å². The minimum atomic E-state index is -5.19. The first-order valence-corrected chi connectivity index (χ1v) is 15.1. The normalized spacial score (nSPS) is 26.1. The lowest BCUT2D eigenvalue weighted by Crippen LogP contribution is -3.07. The number of carboxylic acid groups (broad SMARTS) is 1. The van der Waals surface area contributed by atoms with E-state index in [-0.39, 0.29) is 28.9 Å². The van der Waals surface area contributed by atoms with Crippen molar-refractivity contribution in [3.63, 3.8) is 0 Å². The van der Waals surface area contributed by atoms with E-state index in [0.29, 0.717) is 30.8 Å². The maximum absolute atomic E-state index is 13.4. The van der Waals surface area contributed by atoms with E-state index in [1.165, 1.54) is 10.4 Å². The van der Waals surface area contributed by atoms with Crippen molar-refractivity contribution in [1.82, 2.24) is 9.62 Å². The number of nitrogens with zero attached hydrogens (tertiary/aromatic N) is 3. The molecule has 6 bridgehead atoms. The standard InChI is InChI=1S/C27H29N5O4S.C2HF3O2/c1-27(25-16-29-18-31(25)2)21-10-9-20(15-28)24(13-21)36-22-6-3-7-23(14-22)37(34,35)32-12-4-5-19(17-32)8-11-26(33)30-27;3-2(4,5)1(6)7/h3,6-7,9-10,13-14,16,18-19H,4-5,8,11-12,17H2,1-2H3,(H,30,33);(H,6,7)/t19-,27?;/m1./s1. The summed E-state index contributed by atoms with van der Waals surface area (Å²) in [7, 11) is -1.78. The highest BCUT2D eigenvalue weighted by atomic mass is 32.2. The number of nitrogens with one attached hydrogen (secondary N) is 2. The quantitative estimate of drug-likeness (QED) is 0.483.